The van der Waals surface area contributed by atoms with Crippen LogP contribution in [0.1, 0.15) is 28.4 Å². The Morgan fingerprint density at radius 1 is 1.06 bits per heavy atom. The molecule has 0 saturated carbocycles. The summed E-state index contributed by atoms with van der Waals surface area (Å²) in [5.74, 6) is -2.33. The van der Waals surface area contributed by atoms with Gasteiger partial charge in [0.05, 0.1) is 16.8 Å². The highest BCUT2D eigenvalue weighted by atomic mass is 79.9. The van der Waals surface area contributed by atoms with Crippen molar-refractivity contribution in [3.63, 3.8) is 0 Å². The fourth-order valence-corrected chi connectivity index (χ4v) is 4.40. The van der Waals surface area contributed by atoms with Gasteiger partial charge in [0, 0.05) is 27.5 Å². The van der Waals surface area contributed by atoms with Crippen LogP contribution in [0, 0.1) is 12.7 Å². The first-order valence-electron chi connectivity index (χ1n) is 10.6. The van der Waals surface area contributed by atoms with Crippen LogP contribution in [-0.2, 0) is 10.2 Å². The number of fused-ring (bicyclic) bond motifs is 1. The number of aromatic nitrogens is 1. The maximum absolute atomic E-state index is 14.5. The summed E-state index contributed by atoms with van der Waals surface area (Å²) >= 11 is 3.45. The number of nitrogens with one attached hydrogen (secondary N) is 1. The first-order chi connectivity index (χ1) is 16.2. The summed E-state index contributed by atoms with van der Waals surface area (Å²) in [4.78, 5) is 30.5. The Bertz CT molecular complexity index is 1410. The van der Waals surface area contributed by atoms with Crippen molar-refractivity contribution in [2.24, 2.45) is 0 Å². The summed E-state index contributed by atoms with van der Waals surface area (Å²) in [7, 11) is 0. The lowest BCUT2D eigenvalue weighted by Gasteiger charge is -2.26. The Labute approximate surface area is 204 Å². The van der Waals surface area contributed by atoms with Crippen LogP contribution in [0.5, 0.6) is 0 Å². The third-order valence-electron chi connectivity index (χ3n) is 6.01. The number of nitrogens with zero attached hydrogens (tertiary/aromatic N) is 1. The summed E-state index contributed by atoms with van der Waals surface area (Å²) in [6.07, 6.45) is 0. The van der Waals surface area contributed by atoms with Gasteiger partial charge in [-0.05, 0) is 43.7 Å². The zero-order valence-corrected chi connectivity index (χ0v) is 20.2. The molecule has 7 heteroatoms. The summed E-state index contributed by atoms with van der Waals surface area (Å²) in [5, 5.41) is 13.3. The van der Waals surface area contributed by atoms with Crippen LogP contribution in [0.15, 0.2) is 77.3 Å². The first kappa shape index (κ1) is 23.6. The molecule has 1 amide bonds. The zero-order chi connectivity index (χ0) is 24.5. The van der Waals surface area contributed by atoms with Crippen molar-refractivity contribution in [2.45, 2.75) is 19.3 Å². The molecule has 172 valence electrons. The number of rotatable bonds is 6. The second-order valence-corrected chi connectivity index (χ2v) is 9.20. The highest BCUT2D eigenvalue weighted by molar-refractivity contribution is 9.10. The third-order valence-corrected chi connectivity index (χ3v) is 6.50. The lowest BCUT2D eigenvalue weighted by molar-refractivity contribution is -0.143. The summed E-state index contributed by atoms with van der Waals surface area (Å²) in [6, 6.07) is 20.7. The van der Waals surface area contributed by atoms with Crippen molar-refractivity contribution in [2.75, 3.05) is 6.54 Å². The molecule has 4 aromatic rings. The van der Waals surface area contributed by atoms with E-state index in [0.717, 1.165) is 10.0 Å². The maximum atomic E-state index is 14.5. The third kappa shape index (κ3) is 4.31. The van der Waals surface area contributed by atoms with Crippen LogP contribution in [-0.4, -0.2) is 28.5 Å². The molecule has 34 heavy (non-hydrogen) atoms. The second kappa shape index (κ2) is 9.35. The number of hydrogen-bond acceptors (Lipinski definition) is 3. The van der Waals surface area contributed by atoms with Gasteiger partial charge in [-0.15, -0.1) is 0 Å². The number of carbonyl (C=O) groups is 2. The van der Waals surface area contributed by atoms with Crippen molar-refractivity contribution >= 4 is 38.7 Å². The fraction of sp³-hybridized carbons (Fsp3) is 0.148. The molecule has 3 aromatic carbocycles. The number of carboxylic acids is 1. The van der Waals surface area contributed by atoms with Crippen molar-refractivity contribution in [1.82, 2.24) is 10.3 Å². The van der Waals surface area contributed by atoms with Crippen molar-refractivity contribution in [3.05, 3.63) is 99.8 Å². The topological polar surface area (TPSA) is 79.3 Å². The van der Waals surface area contributed by atoms with Gasteiger partial charge in [-0.3, -0.25) is 9.59 Å². The second-order valence-electron chi connectivity index (χ2n) is 8.29. The molecule has 0 aliphatic heterocycles. The number of amides is 1. The highest BCUT2D eigenvalue weighted by Crippen LogP contribution is 2.32. The number of hydrogen-bond donors (Lipinski definition) is 2. The highest BCUT2D eigenvalue weighted by Gasteiger charge is 2.38. The molecule has 1 aromatic heterocycles. The number of pyridine rings is 1. The summed E-state index contributed by atoms with van der Waals surface area (Å²) < 4.78 is 15.2. The molecule has 0 fully saturated rings. The lowest BCUT2D eigenvalue weighted by Crippen LogP contribution is -2.45. The van der Waals surface area contributed by atoms with E-state index in [-0.39, 0.29) is 12.1 Å². The minimum Gasteiger partial charge on any atom is -0.481 e. The van der Waals surface area contributed by atoms with Gasteiger partial charge < -0.3 is 10.4 Å². The minimum absolute atomic E-state index is 0.00632. The van der Waals surface area contributed by atoms with E-state index in [2.05, 4.69) is 21.2 Å². The van der Waals surface area contributed by atoms with Crippen LogP contribution in [0.2, 0.25) is 0 Å². The van der Waals surface area contributed by atoms with Crippen LogP contribution in [0.3, 0.4) is 0 Å². The number of halogens is 2. The molecule has 0 aliphatic carbocycles. The van der Waals surface area contributed by atoms with Crippen LogP contribution in [0.25, 0.3) is 22.2 Å². The largest absolute Gasteiger partial charge is 0.481 e. The van der Waals surface area contributed by atoms with E-state index in [1.54, 1.807) is 6.07 Å². The molecule has 1 heterocycles. The average molecular weight is 521 g/mol. The number of benzene rings is 3. The maximum Gasteiger partial charge on any atom is 0.315 e. The van der Waals surface area contributed by atoms with E-state index >= 15 is 0 Å². The smallest absolute Gasteiger partial charge is 0.315 e. The minimum atomic E-state index is -1.65. The molecule has 2 N–H and O–H groups in total. The first-order valence-corrected chi connectivity index (χ1v) is 11.4. The molecule has 4 rings (SSSR count). The molecule has 0 unspecified atom stereocenters. The molecule has 0 spiro atoms. The average Bonchev–Trinajstić information content (AvgIpc) is 2.82. The standard InChI is InChI=1S/C27H22BrFN2O3/c1-16-23(25(32)30-15-27(2,26(33)34)20-10-6-7-11-21(20)29)19-14-18(28)12-13-22(19)31-24(16)17-8-4-3-5-9-17/h3-14H,15H2,1-2H3,(H,30,32)(H,33,34)/t27-/m0/s1. The fourth-order valence-electron chi connectivity index (χ4n) is 4.04. The Kier molecular flexibility index (Phi) is 6.48. The van der Waals surface area contributed by atoms with E-state index in [4.69, 9.17) is 4.98 Å². The Morgan fingerprint density at radius 3 is 2.41 bits per heavy atom. The van der Waals surface area contributed by atoms with Gasteiger partial charge in [-0.1, -0.05) is 64.5 Å². The van der Waals surface area contributed by atoms with Crippen LogP contribution in [0.4, 0.5) is 4.39 Å². The van der Waals surface area contributed by atoms with Crippen molar-refractivity contribution < 1.29 is 19.1 Å². The van der Waals surface area contributed by atoms with E-state index < -0.39 is 23.1 Å². The Morgan fingerprint density at radius 2 is 1.74 bits per heavy atom. The van der Waals surface area contributed by atoms with Gasteiger partial charge in [-0.2, -0.15) is 0 Å². The predicted octanol–water partition coefficient (Wildman–Crippen LogP) is 5.88. The molecule has 1 atom stereocenters. The quantitative estimate of drug-likeness (QED) is 0.332. The van der Waals surface area contributed by atoms with Gasteiger partial charge in [0.2, 0.25) is 0 Å². The Balaban J connectivity index is 1.79. The van der Waals surface area contributed by atoms with Crippen molar-refractivity contribution in [1.29, 1.82) is 0 Å². The monoisotopic (exact) mass is 520 g/mol. The molecule has 5 nitrogen and oxygen atoms in total. The molecule has 0 aliphatic rings. The molecular formula is C27H22BrFN2O3. The molecule has 0 radical (unpaired) electrons. The normalized spacial score (nSPS) is 12.8. The number of aliphatic carboxylic acids is 1. The van der Waals surface area contributed by atoms with Gasteiger partial charge in [-0.25, -0.2) is 9.37 Å². The molecule has 0 bridgehead atoms. The van der Waals surface area contributed by atoms with Gasteiger partial charge in [0.1, 0.15) is 11.2 Å². The summed E-state index contributed by atoms with van der Waals surface area (Å²) in [6.45, 7) is 2.93. The summed E-state index contributed by atoms with van der Waals surface area (Å²) in [5.41, 5.74) is 1.57. The molecule has 0 saturated heterocycles. The van der Waals surface area contributed by atoms with Gasteiger partial charge in [0.15, 0.2) is 0 Å². The number of carbonyl (C=O) groups excluding carboxylic acids is 1. The predicted molar refractivity (Wildman–Crippen MR) is 133 cm³/mol. The van der Waals surface area contributed by atoms with Crippen LogP contribution >= 0.6 is 15.9 Å². The SMILES string of the molecule is Cc1c(-c2ccccc2)nc2ccc(Br)cc2c1C(=O)NC[C@](C)(C(=O)O)c1ccccc1F. The van der Waals surface area contributed by atoms with Crippen molar-refractivity contribution in [3.8, 4) is 11.3 Å². The van der Waals surface area contributed by atoms with E-state index in [0.29, 0.717) is 27.7 Å². The van der Waals surface area contributed by atoms with Gasteiger partial charge in [0.25, 0.3) is 5.91 Å². The van der Waals surface area contributed by atoms with Crippen LogP contribution < -0.4 is 5.32 Å². The van der Waals surface area contributed by atoms with E-state index in [1.165, 1.54) is 25.1 Å². The lowest BCUT2D eigenvalue weighted by atomic mass is 9.82. The molecular weight excluding hydrogens is 499 g/mol. The van der Waals surface area contributed by atoms with E-state index in [9.17, 15) is 19.1 Å². The van der Waals surface area contributed by atoms with Gasteiger partial charge >= 0.3 is 5.97 Å². The Hall–Kier alpha value is -3.58. The number of carboxylic acid groups (broad SMARTS) is 1. The zero-order valence-electron chi connectivity index (χ0n) is 18.6. The van der Waals surface area contributed by atoms with E-state index in [1.807, 2.05) is 55.5 Å².